The molecule has 0 unspecified atom stereocenters. The van der Waals surface area contributed by atoms with Crippen LogP contribution in [0.4, 0.5) is 0 Å². The molecule has 0 aliphatic carbocycles. The Hall–Kier alpha value is -3.06. The second kappa shape index (κ2) is 9.05. The lowest BCUT2D eigenvalue weighted by Gasteiger charge is -2.11. The van der Waals surface area contributed by atoms with E-state index in [9.17, 15) is 9.90 Å². The smallest absolute Gasteiger partial charge is 0.281 e. The molecule has 6 nitrogen and oxygen atoms in total. The number of aromatic nitrogens is 2. The Morgan fingerprint density at radius 1 is 1.15 bits per heavy atom. The van der Waals surface area contributed by atoms with Crippen LogP contribution in [-0.4, -0.2) is 16.2 Å². The molecule has 2 aromatic carbocycles. The first-order valence-electron chi connectivity index (χ1n) is 8.34. The van der Waals surface area contributed by atoms with Crippen molar-refractivity contribution in [2.24, 2.45) is 0 Å². The summed E-state index contributed by atoms with van der Waals surface area (Å²) in [6.45, 7) is 2.25. The van der Waals surface area contributed by atoms with E-state index in [-0.39, 0.29) is 10.1 Å². The Bertz CT molecular complexity index is 938. The Morgan fingerprint density at radius 3 is 2.59 bits per heavy atom. The summed E-state index contributed by atoms with van der Waals surface area (Å²) in [6, 6.07) is 16.9. The maximum atomic E-state index is 11.5. The van der Waals surface area contributed by atoms with Crippen LogP contribution in [0.2, 0.25) is 0 Å². The number of carboxylic acid groups (broad SMARTS) is 1. The van der Waals surface area contributed by atoms with Gasteiger partial charge in [-0.25, -0.2) is 0 Å². The molecule has 1 heterocycles. The number of thioether (sulfide) groups is 1. The van der Waals surface area contributed by atoms with Crippen LogP contribution >= 0.6 is 11.8 Å². The molecule has 0 fully saturated rings. The van der Waals surface area contributed by atoms with Crippen molar-refractivity contribution >= 4 is 23.8 Å². The Balaban J connectivity index is 1.81. The van der Waals surface area contributed by atoms with E-state index in [4.69, 9.17) is 9.15 Å². The molecule has 1 aromatic heterocycles. The van der Waals surface area contributed by atoms with Crippen molar-refractivity contribution in [1.82, 2.24) is 10.2 Å². The van der Waals surface area contributed by atoms with Crippen molar-refractivity contribution in [3.8, 4) is 5.75 Å². The highest BCUT2D eigenvalue weighted by molar-refractivity contribution is 8.03. The number of nitrogens with zero attached hydrogens (tertiary/aromatic N) is 2. The lowest BCUT2D eigenvalue weighted by molar-refractivity contribution is -0.298. The van der Waals surface area contributed by atoms with E-state index < -0.39 is 5.97 Å². The largest absolute Gasteiger partial charge is 0.544 e. The second-order valence-electron chi connectivity index (χ2n) is 5.53. The first kappa shape index (κ1) is 18.7. The highest BCUT2D eigenvalue weighted by atomic mass is 32.2. The number of hydrogen-bond donors (Lipinski definition) is 0. The Morgan fingerprint density at radius 2 is 1.89 bits per heavy atom. The summed E-state index contributed by atoms with van der Waals surface area (Å²) in [5.74, 6) is -0.309. The molecule has 0 saturated carbocycles. The highest BCUT2D eigenvalue weighted by Crippen LogP contribution is 2.30. The Labute approximate surface area is 160 Å². The van der Waals surface area contributed by atoms with Crippen LogP contribution in [0, 0.1) is 0 Å². The van der Waals surface area contributed by atoms with Crippen LogP contribution < -0.4 is 9.84 Å². The molecule has 0 saturated heterocycles. The number of aliphatic carboxylic acids is 1. The van der Waals surface area contributed by atoms with E-state index in [1.165, 1.54) is 6.08 Å². The van der Waals surface area contributed by atoms with Crippen molar-refractivity contribution in [3.63, 3.8) is 0 Å². The zero-order valence-electron chi connectivity index (χ0n) is 14.6. The van der Waals surface area contributed by atoms with Crippen molar-refractivity contribution < 1.29 is 19.1 Å². The zero-order chi connectivity index (χ0) is 19.1. The summed E-state index contributed by atoms with van der Waals surface area (Å²) in [6.07, 6.45) is 2.06. The van der Waals surface area contributed by atoms with Gasteiger partial charge in [-0.15, -0.1) is 10.2 Å². The topological polar surface area (TPSA) is 88.3 Å². The van der Waals surface area contributed by atoms with Gasteiger partial charge in [0, 0.05) is 16.9 Å². The quantitative estimate of drug-likeness (QED) is 0.437. The number of benzene rings is 2. The fourth-order valence-electron chi connectivity index (χ4n) is 2.25. The fraction of sp³-hybridized carbons (Fsp3) is 0.150. The van der Waals surface area contributed by atoms with Gasteiger partial charge in [-0.1, -0.05) is 55.5 Å². The van der Waals surface area contributed by atoms with Crippen molar-refractivity contribution in [2.75, 3.05) is 0 Å². The van der Waals surface area contributed by atoms with Gasteiger partial charge in [0.15, 0.2) is 0 Å². The average molecular weight is 381 g/mol. The summed E-state index contributed by atoms with van der Waals surface area (Å²) in [5.41, 5.74) is 1.64. The number of carbonyl (C=O) groups is 1. The number of ether oxygens (including phenoxy) is 1. The molecular weight excluding hydrogens is 364 g/mol. The van der Waals surface area contributed by atoms with E-state index in [1.807, 2.05) is 43.3 Å². The van der Waals surface area contributed by atoms with Crippen LogP contribution in [0.5, 0.6) is 5.75 Å². The van der Waals surface area contributed by atoms with Crippen molar-refractivity contribution in [1.29, 1.82) is 0 Å². The molecule has 0 N–H and O–H groups in total. The molecular formula is C20H17N2O4S-. The monoisotopic (exact) mass is 381 g/mol. The third kappa shape index (κ3) is 5.21. The zero-order valence-corrected chi connectivity index (χ0v) is 15.4. The van der Waals surface area contributed by atoms with Crippen LogP contribution in [0.1, 0.15) is 23.9 Å². The first-order valence-corrected chi connectivity index (χ1v) is 9.16. The summed E-state index contributed by atoms with van der Waals surface area (Å²) in [4.78, 5) is 11.5. The van der Waals surface area contributed by atoms with Crippen LogP contribution in [0.3, 0.4) is 0 Å². The minimum atomic E-state index is -1.32. The number of hydrogen-bond acceptors (Lipinski definition) is 7. The average Bonchev–Trinajstić information content (AvgIpc) is 3.15. The third-order valence-electron chi connectivity index (χ3n) is 3.59. The van der Waals surface area contributed by atoms with Gasteiger partial charge in [0.05, 0.1) is 5.97 Å². The summed E-state index contributed by atoms with van der Waals surface area (Å²) in [7, 11) is 0. The Kier molecular flexibility index (Phi) is 6.27. The number of rotatable bonds is 8. The SMILES string of the molecule is CCc1nnc(S/C(=C/c2ccccc2OCc2ccccc2)C(=O)[O-])o1. The molecule has 0 spiro atoms. The van der Waals surface area contributed by atoms with Crippen molar-refractivity contribution in [3.05, 3.63) is 76.5 Å². The van der Waals surface area contributed by atoms with Gasteiger partial charge in [-0.2, -0.15) is 0 Å². The highest BCUT2D eigenvalue weighted by Gasteiger charge is 2.11. The maximum Gasteiger partial charge on any atom is 0.281 e. The molecule has 3 aromatic rings. The second-order valence-corrected chi connectivity index (χ2v) is 6.52. The summed E-state index contributed by atoms with van der Waals surface area (Å²) in [5, 5.41) is 19.4. The molecule has 7 heteroatoms. The number of aryl methyl sites for hydroxylation is 1. The molecule has 0 bridgehead atoms. The van der Waals surface area contributed by atoms with E-state index in [0.717, 1.165) is 17.3 Å². The number of para-hydroxylation sites is 1. The summed E-state index contributed by atoms with van der Waals surface area (Å²) < 4.78 is 11.2. The summed E-state index contributed by atoms with van der Waals surface area (Å²) >= 11 is 0.854. The van der Waals surface area contributed by atoms with E-state index in [0.29, 0.717) is 30.2 Å². The van der Waals surface area contributed by atoms with E-state index in [2.05, 4.69) is 10.2 Å². The first-order chi connectivity index (χ1) is 13.2. The number of carbonyl (C=O) groups excluding carboxylic acids is 1. The van der Waals surface area contributed by atoms with Gasteiger partial charge < -0.3 is 19.1 Å². The van der Waals surface area contributed by atoms with Crippen LogP contribution in [0.25, 0.3) is 6.08 Å². The molecule has 3 rings (SSSR count). The minimum Gasteiger partial charge on any atom is -0.544 e. The van der Waals surface area contributed by atoms with Gasteiger partial charge in [-0.3, -0.25) is 0 Å². The molecule has 0 radical (unpaired) electrons. The maximum absolute atomic E-state index is 11.5. The number of carboxylic acids is 1. The molecule has 0 aliphatic heterocycles. The van der Waals surface area contributed by atoms with Gasteiger partial charge in [-0.05, 0) is 29.5 Å². The van der Waals surface area contributed by atoms with Crippen LogP contribution in [0.15, 0.2) is 69.1 Å². The molecule has 27 heavy (non-hydrogen) atoms. The molecule has 138 valence electrons. The lowest BCUT2D eigenvalue weighted by atomic mass is 10.2. The normalized spacial score (nSPS) is 11.4. The third-order valence-corrected chi connectivity index (χ3v) is 4.44. The van der Waals surface area contributed by atoms with Gasteiger partial charge in [0.2, 0.25) is 5.89 Å². The van der Waals surface area contributed by atoms with Crippen LogP contribution in [-0.2, 0) is 17.8 Å². The minimum absolute atomic E-state index is 0.0444. The predicted molar refractivity (Wildman–Crippen MR) is 99.7 cm³/mol. The van der Waals surface area contributed by atoms with Gasteiger partial charge in [0.1, 0.15) is 12.4 Å². The molecule has 0 amide bonds. The standard InChI is InChI=1S/C20H18N2O4S/c1-2-18-21-22-20(26-18)27-17(19(23)24)12-15-10-6-7-11-16(15)25-13-14-8-4-3-5-9-14/h3-12H,2,13H2,1H3,(H,23,24)/p-1/b17-12+. The fourth-order valence-corrected chi connectivity index (χ4v) is 2.93. The van der Waals surface area contributed by atoms with Gasteiger partial charge in [0.25, 0.3) is 5.22 Å². The van der Waals surface area contributed by atoms with Gasteiger partial charge >= 0.3 is 0 Å². The predicted octanol–water partition coefficient (Wildman–Crippen LogP) is 3.09. The van der Waals surface area contributed by atoms with Crippen molar-refractivity contribution in [2.45, 2.75) is 25.2 Å². The molecule has 0 atom stereocenters. The van der Waals surface area contributed by atoms with E-state index in [1.54, 1.807) is 18.2 Å². The molecule has 0 aliphatic rings. The lowest BCUT2D eigenvalue weighted by Crippen LogP contribution is -2.23. The van der Waals surface area contributed by atoms with E-state index >= 15 is 0 Å².